The van der Waals surface area contributed by atoms with E-state index in [1.54, 1.807) is 29.8 Å². The number of carbonyl (C=O) groups is 1. The Balaban J connectivity index is 2.23. The Hall–Kier alpha value is -1.79. The Morgan fingerprint density at radius 2 is 2.24 bits per heavy atom. The van der Waals surface area contributed by atoms with E-state index in [1.165, 1.54) is 17.4 Å². The first-order valence-electron chi connectivity index (χ1n) is 6.72. The molecule has 0 aliphatic carbocycles. The van der Waals surface area contributed by atoms with Gasteiger partial charge in [-0.25, -0.2) is 4.39 Å². The van der Waals surface area contributed by atoms with Gasteiger partial charge in [0.05, 0.1) is 6.54 Å². The molecule has 112 valence electrons. The van der Waals surface area contributed by atoms with Crippen LogP contribution in [-0.2, 0) is 11.3 Å². The Morgan fingerprint density at radius 3 is 2.95 bits per heavy atom. The van der Waals surface area contributed by atoms with Gasteiger partial charge in [-0.05, 0) is 13.1 Å². The molecule has 1 unspecified atom stereocenters. The number of rotatable bonds is 5. The third kappa shape index (κ3) is 4.09. The van der Waals surface area contributed by atoms with Crippen LogP contribution in [0.5, 0.6) is 0 Å². The molecule has 1 aromatic carbocycles. The van der Waals surface area contributed by atoms with Gasteiger partial charge in [-0.1, -0.05) is 25.1 Å². The Bertz CT molecular complexity index is 677. The van der Waals surface area contributed by atoms with Crippen molar-refractivity contribution in [3.8, 4) is 0 Å². The van der Waals surface area contributed by atoms with Crippen LogP contribution in [-0.4, -0.2) is 24.1 Å². The maximum absolute atomic E-state index is 13.7. The van der Waals surface area contributed by atoms with E-state index < -0.39 is 0 Å². The summed E-state index contributed by atoms with van der Waals surface area (Å²) >= 11 is 1.37. The largest absolute Gasteiger partial charge is 0.319 e. The molecule has 0 bridgehead atoms. The molecule has 0 aliphatic rings. The highest BCUT2D eigenvalue weighted by Gasteiger charge is 2.11. The second-order valence-corrected chi connectivity index (χ2v) is 5.69. The molecule has 1 aromatic heterocycles. The fourth-order valence-electron chi connectivity index (χ4n) is 1.92. The predicted molar refractivity (Wildman–Crippen MR) is 81.5 cm³/mol. The minimum absolute atomic E-state index is 0.172. The summed E-state index contributed by atoms with van der Waals surface area (Å²) in [5.41, 5.74) is 0.577. The normalized spacial score (nSPS) is 13.4. The highest BCUT2D eigenvalue weighted by Crippen LogP contribution is 2.08. The molecule has 0 spiro atoms. The number of halogens is 1. The molecule has 1 atom stereocenters. The van der Waals surface area contributed by atoms with Gasteiger partial charge in [0.1, 0.15) is 5.82 Å². The third-order valence-corrected chi connectivity index (χ3v) is 3.89. The summed E-state index contributed by atoms with van der Waals surface area (Å²) < 4.78 is 15.5. The summed E-state index contributed by atoms with van der Waals surface area (Å²) in [6, 6.07) is 6.61. The van der Waals surface area contributed by atoms with Gasteiger partial charge in [0.25, 0.3) is 5.91 Å². The molecule has 1 heterocycles. The molecule has 0 saturated carbocycles. The Labute approximate surface area is 127 Å². The second-order valence-electron chi connectivity index (χ2n) is 4.81. The van der Waals surface area contributed by atoms with Gasteiger partial charge in [0.15, 0.2) is 4.80 Å². The number of carbonyl (C=O) groups excluding carboxylic acids is 1. The molecule has 4 nitrogen and oxygen atoms in total. The summed E-state index contributed by atoms with van der Waals surface area (Å²) in [5, 5.41) is 4.80. The molecule has 1 amide bonds. The number of thiazole rings is 1. The first-order chi connectivity index (χ1) is 10.1. The van der Waals surface area contributed by atoms with E-state index in [9.17, 15) is 9.18 Å². The first kappa shape index (κ1) is 15.6. The summed E-state index contributed by atoms with van der Waals surface area (Å²) in [6.45, 7) is 2.78. The third-order valence-electron chi connectivity index (χ3n) is 3.10. The van der Waals surface area contributed by atoms with Crippen LogP contribution in [0.4, 0.5) is 4.39 Å². The average molecular weight is 307 g/mol. The lowest BCUT2D eigenvalue weighted by Crippen LogP contribution is -2.25. The summed E-state index contributed by atoms with van der Waals surface area (Å²) in [6.07, 6.45) is 1.81. The van der Waals surface area contributed by atoms with Crippen LogP contribution >= 0.6 is 11.3 Å². The number of hydrogen-bond donors (Lipinski definition) is 1. The van der Waals surface area contributed by atoms with Crippen LogP contribution in [0.1, 0.15) is 12.5 Å². The van der Waals surface area contributed by atoms with Crippen molar-refractivity contribution < 1.29 is 9.18 Å². The fraction of sp³-hybridized carbons (Fsp3) is 0.333. The van der Waals surface area contributed by atoms with Gasteiger partial charge in [0.2, 0.25) is 0 Å². The van der Waals surface area contributed by atoms with E-state index in [0.29, 0.717) is 23.5 Å². The van der Waals surface area contributed by atoms with E-state index in [2.05, 4.69) is 10.3 Å². The second kappa shape index (κ2) is 7.28. The van der Waals surface area contributed by atoms with Crippen molar-refractivity contribution in [2.24, 2.45) is 10.9 Å². The van der Waals surface area contributed by atoms with Gasteiger partial charge in [-0.3, -0.25) is 4.79 Å². The zero-order chi connectivity index (χ0) is 15.2. The Kier molecular flexibility index (Phi) is 5.41. The van der Waals surface area contributed by atoms with Crippen LogP contribution in [0.2, 0.25) is 0 Å². The summed E-state index contributed by atoms with van der Waals surface area (Å²) in [5.74, 6) is -0.606. The molecular weight excluding hydrogens is 289 g/mol. The fourth-order valence-corrected chi connectivity index (χ4v) is 2.65. The molecule has 6 heteroatoms. The van der Waals surface area contributed by atoms with E-state index in [-0.39, 0.29) is 17.6 Å². The number of nitrogens with zero attached hydrogens (tertiary/aromatic N) is 2. The van der Waals surface area contributed by atoms with Crippen molar-refractivity contribution in [3.63, 3.8) is 0 Å². The van der Waals surface area contributed by atoms with Crippen LogP contribution in [0.25, 0.3) is 0 Å². The number of aromatic nitrogens is 1. The molecule has 0 radical (unpaired) electrons. The van der Waals surface area contributed by atoms with Crippen molar-refractivity contribution in [1.82, 2.24) is 9.88 Å². The quantitative estimate of drug-likeness (QED) is 0.918. The lowest BCUT2D eigenvalue weighted by atomic mass is 10.2. The zero-order valence-corrected chi connectivity index (χ0v) is 12.9. The molecular formula is C15H18FN3OS. The number of nitrogens with one attached hydrogen (secondary N) is 1. The first-order valence-corrected chi connectivity index (χ1v) is 7.60. The van der Waals surface area contributed by atoms with Crippen LogP contribution in [0.3, 0.4) is 0 Å². The van der Waals surface area contributed by atoms with Crippen molar-refractivity contribution in [2.75, 3.05) is 13.6 Å². The van der Waals surface area contributed by atoms with E-state index in [0.717, 1.165) is 0 Å². The van der Waals surface area contributed by atoms with Crippen molar-refractivity contribution in [2.45, 2.75) is 13.5 Å². The zero-order valence-electron chi connectivity index (χ0n) is 12.0. The predicted octanol–water partition coefficient (Wildman–Crippen LogP) is 2.02. The molecule has 0 saturated heterocycles. The number of hydrogen-bond acceptors (Lipinski definition) is 3. The lowest BCUT2D eigenvalue weighted by Gasteiger charge is -2.06. The van der Waals surface area contributed by atoms with Crippen LogP contribution in [0, 0.1) is 11.7 Å². The SMILES string of the molecule is CNCC(C)C(=O)N=c1sccn1Cc1ccccc1F. The molecule has 2 rings (SSSR count). The highest BCUT2D eigenvalue weighted by molar-refractivity contribution is 7.07. The Morgan fingerprint density at radius 1 is 1.48 bits per heavy atom. The van der Waals surface area contributed by atoms with Gasteiger partial charge in [0, 0.05) is 29.6 Å². The van der Waals surface area contributed by atoms with Crippen molar-refractivity contribution >= 4 is 17.2 Å². The van der Waals surface area contributed by atoms with Gasteiger partial charge in [-0.2, -0.15) is 4.99 Å². The van der Waals surface area contributed by atoms with Crippen LogP contribution < -0.4 is 10.1 Å². The maximum atomic E-state index is 13.7. The minimum Gasteiger partial charge on any atom is -0.319 e. The van der Waals surface area contributed by atoms with E-state index in [4.69, 9.17) is 0 Å². The summed E-state index contributed by atoms with van der Waals surface area (Å²) in [7, 11) is 1.80. The lowest BCUT2D eigenvalue weighted by molar-refractivity contribution is -0.121. The smallest absolute Gasteiger partial charge is 0.252 e. The molecule has 2 aromatic rings. The van der Waals surface area contributed by atoms with Gasteiger partial charge in [-0.15, -0.1) is 11.3 Å². The standard InChI is InChI=1S/C15H18FN3OS/c1-11(9-17-2)14(20)18-15-19(7-8-21-15)10-12-5-3-4-6-13(12)16/h3-8,11,17H,9-10H2,1-2H3. The highest BCUT2D eigenvalue weighted by atomic mass is 32.1. The molecule has 1 N–H and O–H groups in total. The van der Waals surface area contributed by atoms with Crippen LogP contribution in [0.15, 0.2) is 40.8 Å². The number of benzene rings is 1. The van der Waals surface area contributed by atoms with E-state index in [1.807, 2.05) is 18.5 Å². The molecule has 0 fully saturated rings. The van der Waals surface area contributed by atoms with Crippen molar-refractivity contribution in [1.29, 1.82) is 0 Å². The van der Waals surface area contributed by atoms with Gasteiger partial charge >= 0.3 is 0 Å². The van der Waals surface area contributed by atoms with Crippen molar-refractivity contribution in [3.05, 3.63) is 52.0 Å². The minimum atomic E-state index is -0.253. The topological polar surface area (TPSA) is 46.4 Å². The average Bonchev–Trinajstić information content (AvgIpc) is 2.89. The molecule has 0 aliphatic heterocycles. The summed E-state index contributed by atoms with van der Waals surface area (Å²) in [4.78, 5) is 16.7. The number of amides is 1. The maximum Gasteiger partial charge on any atom is 0.252 e. The van der Waals surface area contributed by atoms with Gasteiger partial charge < -0.3 is 9.88 Å². The van der Waals surface area contributed by atoms with E-state index >= 15 is 0 Å². The molecule has 21 heavy (non-hydrogen) atoms. The monoisotopic (exact) mass is 307 g/mol.